The van der Waals surface area contributed by atoms with E-state index in [2.05, 4.69) is 20.5 Å². The number of amides is 1. The van der Waals surface area contributed by atoms with Gasteiger partial charge in [0.15, 0.2) is 17.0 Å². The molecule has 0 saturated carbocycles. The fourth-order valence-electron chi connectivity index (χ4n) is 3.38. The van der Waals surface area contributed by atoms with Crippen LogP contribution in [0.3, 0.4) is 0 Å². The largest absolute Gasteiger partial charge is 0.497 e. The quantitative estimate of drug-likeness (QED) is 0.377. The van der Waals surface area contributed by atoms with Crippen molar-refractivity contribution in [1.29, 1.82) is 0 Å². The molecule has 0 radical (unpaired) electrons. The SMILES string of the molecule is CCOC(=O)c1cnn(C)c1NC(=O)c1nn2c(C(F)(F)F)cc(-c3cccc(OC)c3)nc2c1Cl. The normalized spacial score (nSPS) is 11.5. The fraction of sp³-hybridized carbons (Fsp3) is 0.227. The molecule has 1 aromatic carbocycles. The average molecular weight is 523 g/mol. The Morgan fingerprint density at radius 1 is 1.22 bits per heavy atom. The molecule has 0 spiro atoms. The summed E-state index contributed by atoms with van der Waals surface area (Å²) in [6, 6.07) is 7.09. The van der Waals surface area contributed by atoms with E-state index in [1.807, 2.05) is 0 Å². The standard InChI is InChI=1S/C22H18ClF3N6O4/c1-4-36-21(34)13-10-27-31(2)18(13)29-20(33)17-16(23)19-28-14(11-6-5-7-12(8-11)35-3)9-15(22(24,25)26)32(19)30-17/h5-10H,4H2,1-3H3,(H,29,33). The molecule has 0 atom stereocenters. The Hall–Kier alpha value is -4.13. The van der Waals surface area contributed by atoms with Crippen molar-refractivity contribution in [1.82, 2.24) is 24.4 Å². The number of aryl methyl sites for hydroxylation is 1. The van der Waals surface area contributed by atoms with Crippen LogP contribution in [0.1, 0.15) is 33.5 Å². The highest BCUT2D eigenvalue weighted by atomic mass is 35.5. The molecule has 1 amide bonds. The first-order valence-electron chi connectivity index (χ1n) is 10.4. The number of ether oxygens (including phenoxy) is 2. The van der Waals surface area contributed by atoms with Crippen LogP contribution in [0.15, 0.2) is 36.5 Å². The van der Waals surface area contributed by atoms with Crippen molar-refractivity contribution >= 4 is 34.9 Å². The van der Waals surface area contributed by atoms with Crippen molar-refractivity contribution in [2.45, 2.75) is 13.1 Å². The summed E-state index contributed by atoms with van der Waals surface area (Å²) in [4.78, 5) is 29.4. The lowest BCUT2D eigenvalue weighted by Crippen LogP contribution is -2.19. The third kappa shape index (κ3) is 4.56. The fourth-order valence-corrected chi connectivity index (χ4v) is 3.63. The summed E-state index contributed by atoms with van der Waals surface area (Å²) in [7, 11) is 2.87. The average Bonchev–Trinajstić information content (AvgIpc) is 3.37. The first-order chi connectivity index (χ1) is 17.0. The summed E-state index contributed by atoms with van der Waals surface area (Å²) >= 11 is 6.31. The molecule has 36 heavy (non-hydrogen) atoms. The predicted octanol–water partition coefficient (Wildman–Crippen LogP) is 4.24. The van der Waals surface area contributed by atoms with E-state index >= 15 is 0 Å². The number of fused-ring (bicyclic) bond motifs is 1. The zero-order valence-electron chi connectivity index (χ0n) is 19.1. The van der Waals surface area contributed by atoms with Crippen molar-refractivity contribution in [3.05, 3.63) is 58.5 Å². The van der Waals surface area contributed by atoms with Gasteiger partial charge in [-0.2, -0.15) is 23.4 Å². The van der Waals surface area contributed by atoms with Crippen LogP contribution in [0.2, 0.25) is 5.02 Å². The Kier molecular flexibility index (Phi) is 6.59. The summed E-state index contributed by atoms with van der Waals surface area (Å²) in [5, 5.41) is 9.69. The molecule has 0 fully saturated rings. The van der Waals surface area contributed by atoms with Gasteiger partial charge in [-0.3, -0.25) is 9.48 Å². The molecular formula is C22H18ClF3N6O4. The van der Waals surface area contributed by atoms with Gasteiger partial charge in [-0.25, -0.2) is 14.3 Å². The summed E-state index contributed by atoms with van der Waals surface area (Å²) in [6.45, 7) is 1.69. The van der Waals surface area contributed by atoms with Crippen LogP contribution in [-0.4, -0.2) is 50.0 Å². The smallest absolute Gasteiger partial charge is 0.433 e. The first kappa shape index (κ1) is 25.0. The maximum atomic E-state index is 14.0. The first-order valence-corrected chi connectivity index (χ1v) is 10.7. The summed E-state index contributed by atoms with van der Waals surface area (Å²) < 4.78 is 53.6. The number of nitrogens with one attached hydrogen (secondary N) is 1. The molecule has 188 valence electrons. The van der Waals surface area contributed by atoms with E-state index in [9.17, 15) is 22.8 Å². The Bertz CT molecular complexity index is 1480. The number of anilines is 1. The zero-order valence-corrected chi connectivity index (χ0v) is 19.8. The summed E-state index contributed by atoms with van der Waals surface area (Å²) in [5.74, 6) is -1.36. The van der Waals surface area contributed by atoms with E-state index in [0.29, 0.717) is 15.8 Å². The maximum absolute atomic E-state index is 14.0. The van der Waals surface area contributed by atoms with E-state index in [4.69, 9.17) is 21.1 Å². The van der Waals surface area contributed by atoms with Gasteiger partial charge < -0.3 is 14.8 Å². The Morgan fingerprint density at radius 3 is 2.64 bits per heavy atom. The minimum Gasteiger partial charge on any atom is -0.497 e. The van der Waals surface area contributed by atoms with Crippen LogP contribution in [0.5, 0.6) is 5.75 Å². The molecule has 0 aliphatic heterocycles. The highest BCUT2D eigenvalue weighted by Gasteiger charge is 2.37. The number of nitrogens with zero attached hydrogens (tertiary/aromatic N) is 5. The van der Waals surface area contributed by atoms with Crippen LogP contribution in [0, 0.1) is 0 Å². The summed E-state index contributed by atoms with van der Waals surface area (Å²) in [5.41, 5.74) is -1.89. The number of benzene rings is 1. The van der Waals surface area contributed by atoms with Crippen molar-refractivity contribution in [2.75, 3.05) is 19.0 Å². The Labute approximate surface area is 206 Å². The third-order valence-corrected chi connectivity index (χ3v) is 5.42. The van der Waals surface area contributed by atoms with Crippen molar-refractivity contribution in [3.8, 4) is 17.0 Å². The van der Waals surface area contributed by atoms with Gasteiger partial charge in [0.1, 0.15) is 22.2 Å². The topological polar surface area (TPSA) is 113 Å². The number of methoxy groups -OCH3 is 1. The van der Waals surface area contributed by atoms with Crippen LogP contribution < -0.4 is 10.1 Å². The van der Waals surface area contributed by atoms with Crippen molar-refractivity contribution < 1.29 is 32.2 Å². The Morgan fingerprint density at radius 2 is 1.97 bits per heavy atom. The molecule has 4 aromatic rings. The highest BCUT2D eigenvalue weighted by Crippen LogP contribution is 2.35. The monoisotopic (exact) mass is 522 g/mol. The number of carbonyl (C=O) groups excluding carboxylic acids is 2. The van der Waals surface area contributed by atoms with Crippen LogP contribution in [0.4, 0.5) is 19.0 Å². The number of aromatic nitrogens is 5. The minimum absolute atomic E-state index is 0.0485. The number of rotatable bonds is 6. The number of esters is 1. The van der Waals surface area contributed by atoms with Gasteiger partial charge in [-0.05, 0) is 25.1 Å². The van der Waals surface area contributed by atoms with Gasteiger partial charge in [-0.15, -0.1) is 0 Å². The lowest BCUT2D eigenvalue weighted by Gasteiger charge is -2.11. The van der Waals surface area contributed by atoms with E-state index in [0.717, 1.165) is 6.07 Å². The molecule has 0 aliphatic rings. The number of carbonyl (C=O) groups is 2. The van der Waals surface area contributed by atoms with Gasteiger partial charge in [-0.1, -0.05) is 23.7 Å². The van der Waals surface area contributed by atoms with Crippen LogP contribution in [-0.2, 0) is 18.0 Å². The number of hydrogen-bond acceptors (Lipinski definition) is 7. The molecular weight excluding hydrogens is 505 g/mol. The van der Waals surface area contributed by atoms with Crippen LogP contribution >= 0.6 is 11.6 Å². The molecule has 0 aliphatic carbocycles. The lowest BCUT2D eigenvalue weighted by atomic mass is 10.1. The van der Waals surface area contributed by atoms with Crippen LogP contribution in [0.25, 0.3) is 16.9 Å². The molecule has 4 rings (SSSR count). The zero-order chi connectivity index (χ0) is 26.2. The van der Waals surface area contributed by atoms with Gasteiger partial charge in [0.25, 0.3) is 5.91 Å². The number of hydrogen-bond donors (Lipinski definition) is 1. The molecule has 0 saturated heterocycles. The number of halogens is 4. The maximum Gasteiger partial charge on any atom is 0.433 e. The minimum atomic E-state index is -4.85. The highest BCUT2D eigenvalue weighted by molar-refractivity contribution is 6.37. The van der Waals surface area contributed by atoms with Gasteiger partial charge in [0, 0.05) is 12.6 Å². The summed E-state index contributed by atoms with van der Waals surface area (Å²) in [6.07, 6.45) is -3.67. The lowest BCUT2D eigenvalue weighted by molar-refractivity contribution is -0.142. The second-order valence-electron chi connectivity index (χ2n) is 7.36. The third-order valence-electron chi connectivity index (χ3n) is 5.07. The second kappa shape index (κ2) is 9.49. The number of alkyl halides is 3. The second-order valence-corrected chi connectivity index (χ2v) is 7.74. The molecule has 0 bridgehead atoms. The van der Waals surface area contributed by atoms with E-state index in [-0.39, 0.29) is 29.3 Å². The molecule has 10 nitrogen and oxygen atoms in total. The van der Waals surface area contributed by atoms with E-state index in [1.54, 1.807) is 25.1 Å². The van der Waals surface area contributed by atoms with Gasteiger partial charge in [0.05, 0.1) is 25.6 Å². The van der Waals surface area contributed by atoms with Gasteiger partial charge >= 0.3 is 12.1 Å². The van der Waals surface area contributed by atoms with E-state index in [1.165, 1.54) is 31.1 Å². The molecule has 0 unspecified atom stereocenters. The molecule has 3 aromatic heterocycles. The predicted molar refractivity (Wildman–Crippen MR) is 122 cm³/mol. The van der Waals surface area contributed by atoms with Gasteiger partial charge in [0.2, 0.25) is 0 Å². The molecule has 3 heterocycles. The Balaban J connectivity index is 1.82. The van der Waals surface area contributed by atoms with E-state index < -0.39 is 34.5 Å². The molecule has 1 N–H and O–H groups in total. The van der Waals surface area contributed by atoms with Crippen molar-refractivity contribution in [3.63, 3.8) is 0 Å². The molecule has 14 heteroatoms. The van der Waals surface area contributed by atoms with Crippen molar-refractivity contribution in [2.24, 2.45) is 7.05 Å².